The lowest BCUT2D eigenvalue weighted by atomic mass is 10.1. The lowest BCUT2D eigenvalue weighted by Crippen LogP contribution is -2.15. The first-order chi connectivity index (χ1) is 5.06. The first kappa shape index (κ1) is 8.32. The van der Waals surface area contributed by atoms with Crippen LogP contribution in [0.2, 0.25) is 0 Å². The molecule has 11 heavy (non-hydrogen) atoms. The summed E-state index contributed by atoms with van der Waals surface area (Å²) in [6.45, 7) is 3.61. The number of aliphatic hydroxyl groups is 1. The summed E-state index contributed by atoms with van der Waals surface area (Å²) >= 11 is 1.53. The maximum absolute atomic E-state index is 9.58. The van der Waals surface area contributed by atoms with E-state index in [1.807, 2.05) is 19.1 Å². The molecule has 1 N–H and O–H groups in total. The maximum atomic E-state index is 9.58. The monoisotopic (exact) mass is 166 g/mol. The summed E-state index contributed by atoms with van der Waals surface area (Å²) < 4.78 is 0. The van der Waals surface area contributed by atoms with Gasteiger partial charge in [-0.05, 0) is 26.0 Å². The summed E-state index contributed by atoms with van der Waals surface area (Å²) in [6.07, 6.45) is 5.15. The zero-order valence-corrected chi connectivity index (χ0v) is 7.40. The molecular formula is C9H10OS. The van der Waals surface area contributed by atoms with Crippen LogP contribution in [0, 0.1) is 19.3 Å². The van der Waals surface area contributed by atoms with Crippen molar-refractivity contribution in [1.29, 1.82) is 0 Å². The van der Waals surface area contributed by atoms with E-state index in [-0.39, 0.29) is 0 Å². The standard InChI is InChI=1S/C9H10OS/c1-4-9(3,10)8-6-5-7(2)11-8/h1,5-6,10H,2-3H3. The number of hydrogen-bond donors (Lipinski definition) is 1. The highest BCUT2D eigenvalue weighted by atomic mass is 32.1. The summed E-state index contributed by atoms with van der Waals surface area (Å²) in [7, 11) is 0. The second-order valence-corrected chi connectivity index (χ2v) is 3.91. The summed E-state index contributed by atoms with van der Waals surface area (Å²) in [5.41, 5.74) is -1.10. The van der Waals surface area contributed by atoms with Crippen LogP contribution in [-0.2, 0) is 5.60 Å². The number of rotatable bonds is 1. The fraction of sp³-hybridized carbons (Fsp3) is 0.333. The normalized spacial score (nSPS) is 15.5. The van der Waals surface area contributed by atoms with Crippen LogP contribution >= 0.6 is 11.3 Å². The van der Waals surface area contributed by atoms with Crippen LogP contribution in [0.4, 0.5) is 0 Å². The van der Waals surface area contributed by atoms with Crippen LogP contribution < -0.4 is 0 Å². The predicted molar refractivity (Wildman–Crippen MR) is 47.5 cm³/mol. The van der Waals surface area contributed by atoms with Gasteiger partial charge >= 0.3 is 0 Å². The van der Waals surface area contributed by atoms with Gasteiger partial charge < -0.3 is 5.11 Å². The van der Waals surface area contributed by atoms with Crippen molar-refractivity contribution in [2.75, 3.05) is 0 Å². The van der Waals surface area contributed by atoms with Crippen molar-refractivity contribution in [3.05, 3.63) is 21.9 Å². The molecule has 1 unspecified atom stereocenters. The van der Waals surface area contributed by atoms with Crippen LogP contribution in [0.15, 0.2) is 12.1 Å². The lowest BCUT2D eigenvalue weighted by molar-refractivity contribution is 0.126. The molecule has 1 heterocycles. The third-order valence-electron chi connectivity index (χ3n) is 1.50. The Morgan fingerprint density at radius 3 is 2.64 bits per heavy atom. The van der Waals surface area contributed by atoms with Gasteiger partial charge in [0.25, 0.3) is 0 Å². The first-order valence-electron chi connectivity index (χ1n) is 3.33. The van der Waals surface area contributed by atoms with Crippen LogP contribution in [0.3, 0.4) is 0 Å². The van der Waals surface area contributed by atoms with Gasteiger partial charge in [0.15, 0.2) is 5.60 Å². The zero-order chi connectivity index (χ0) is 8.48. The Balaban J connectivity index is 3.04. The van der Waals surface area contributed by atoms with Crippen molar-refractivity contribution in [2.45, 2.75) is 19.4 Å². The van der Waals surface area contributed by atoms with Crippen molar-refractivity contribution in [2.24, 2.45) is 0 Å². The predicted octanol–water partition coefficient (Wildman–Crippen LogP) is 1.90. The van der Waals surface area contributed by atoms with Crippen LogP contribution in [-0.4, -0.2) is 5.11 Å². The van der Waals surface area contributed by atoms with E-state index in [0.29, 0.717) is 0 Å². The quantitative estimate of drug-likeness (QED) is 0.632. The molecule has 58 valence electrons. The Hall–Kier alpha value is -0.780. The van der Waals surface area contributed by atoms with Gasteiger partial charge in [0.05, 0.1) is 0 Å². The van der Waals surface area contributed by atoms with E-state index in [4.69, 9.17) is 6.42 Å². The Kier molecular flexibility index (Phi) is 2.03. The van der Waals surface area contributed by atoms with Crippen molar-refractivity contribution >= 4 is 11.3 Å². The van der Waals surface area contributed by atoms with E-state index >= 15 is 0 Å². The number of terminal acetylenes is 1. The van der Waals surface area contributed by atoms with Crippen molar-refractivity contribution in [3.63, 3.8) is 0 Å². The van der Waals surface area contributed by atoms with E-state index in [0.717, 1.165) is 9.75 Å². The summed E-state index contributed by atoms with van der Waals surface area (Å²) in [4.78, 5) is 1.99. The molecule has 0 bridgehead atoms. The van der Waals surface area contributed by atoms with E-state index in [1.54, 1.807) is 6.92 Å². The summed E-state index contributed by atoms with van der Waals surface area (Å²) in [5.74, 6) is 2.34. The second kappa shape index (κ2) is 2.69. The average Bonchev–Trinajstić information content (AvgIpc) is 2.36. The Morgan fingerprint density at radius 1 is 1.64 bits per heavy atom. The second-order valence-electron chi connectivity index (χ2n) is 2.63. The van der Waals surface area contributed by atoms with E-state index in [9.17, 15) is 5.11 Å². The molecule has 0 spiro atoms. The molecule has 1 atom stereocenters. The molecule has 0 aliphatic heterocycles. The Morgan fingerprint density at radius 2 is 2.27 bits per heavy atom. The van der Waals surface area contributed by atoms with Crippen LogP contribution in [0.25, 0.3) is 0 Å². The molecule has 0 amide bonds. The van der Waals surface area contributed by atoms with Gasteiger partial charge in [-0.25, -0.2) is 0 Å². The Labute approximate surface area is 70.7 Å². The highest BCUT2D eigenvalue weighted by Crippen LogP contribution is 2.26. The molecule has 1 aromatic heterocycles. The minimum atomic E-state index is -1.10. The van der Waals surface area contributed by atoms with Gasteiger partial charge in [0, 0.05) is 9.75 Å². The number of thiophene rings is 1. The SMILES string of the molecule is C#CC(C)(O)c1ccc(C)s1. The zero-order valence-electron chi connectivity index (χ0n) is 6.59. The molecule has 0 saturated heterocycles. The topological polar surface area (TPSA) is 20.2 Å². The average molecular weight is 166 g/mol. The molecular weight excluding hydrogens is 156 g/mol. The molecule has 1 aromatic rings. The van der Waals surface area contributed by atoms with Crippen LogP contribution in [0.5, 0.6) is 0 Å². The Bertz CT molecular complexity index is 291. The van der Waals surface area contributed by atoms with Gasteiger partial charge in [0.2, 0.25) is 0 Å². The van der Waals surface area contributed by atoms with E-state index in [1.165, 1.54) is 11.3 Å². The molecule has 0 radical (unpaired) electrons. The van der Waals surface area contributed by atoms with Crippen molar-refractivity contribution in [3.8, 4) is 12.3 Å². The van der Waals surface area contributed by atoms with Gasteiger partial charge in [-0.15, -0.1) is 17.8 Å². The molecule has 2 heteroatoms. The van der Waals surface area contributed by atoms with Crippen LogP contribution in [0.1, 0.15) is 16.7 Å². The minimum absolute atomic E-state index is 0.831. The highest BCUT2D eigenvalue weighted by molar-refractivity contribution is 7.12. The van der Waals surface area contributed by atoms with Gasteiger partial charge in [0.1, 0.15) is 0 Å². The van der Waals surface area contributed by atoms with Gasteiger partial charge in [-0.1, -0.05) is 5.92 Å². The molecule has 0 aromatic carbocycles. The first-order valence-corrected chi connectivity index (χ1v) is 4.15. The number of aryl methyl sites for hydroxylation is 1. The van der Waals surface area contributed by atoms with Gasteiger partial charge in [-0.3, -0.25) is 0 Å². The smallest absolute Gasteiger partial charge is 0.156 e. The molecule has 1 nitrogen and oxygen atoms in total. The molecule has 0 fully saturated rings. The highest BCUT2D eigenvalue weighted by Gasteiger charge is 2.20. The van der Waals surface area contributed by atoms with E-state index in [2.05, 4.69) is 5.92 Å². The fourth-order valence-electron chi connectivity index (χ4n) is 0.767. The molecule has 0 saturated carbocycles. The summed E-state index contributed by atoms with van der Waals surface area (Å²) in [5, 5.41) is 9.58. The number of hydrogen-bond acceptors (Lipinski definition) is 2. The lowest BCUT2D eigenvalue weighted by Gasteiger charge is -2.12. The fourth-order valence-corrected chi connectivity index (χ4v) is 1.64. The third-order valence-corrected chi connectivity index (χ3v) is 2.71. The molecule has 1 rings (SSSR count). The minimum Gasteiger partial charge on any atom is -0.373 e. The molecule has 0 aliphatic rings. The maximum Gasteiger partial charge on any atom is 0.156 e. The summed E-state index contributed by atoms with van der Waals surface area (Å²) in [6, 6.07) is 3.81. The largest absolute Gasteiger partial charge is 0.373 e. The van der Waals surface area contributed by atoms with Crippen molar-refractivity contribution in [1.82, 2.24) is 0 Å². The van der Waals surface area contributed by atoms with Crippen molar-refractivity contribution < 1.29 is 5.11 Å². The van der Waals surface area contributed by atoms with Gasteiger partial charge in [-0.2, -0.15) is 0 Å². The molecule has 0 aliphatic carbocycles. The van der Waals surface area contributed by atoms with E-state index < -0.39 is 5.60 Å². The third kappa shape index (κ3) is 1.62.